The van der Waals surface area contributed by atoms with Crippen LogP contribution in [0.5, 0.6) is 0 Å². The van der Waals surface area contributed by atoms with Gasteiger partial charge in [0, 0.05) is 5.41 Å². The summed E-state index contributed by atoms with van der Waals surface area (Å²) in [6, 6.07) is 9.39. The quantitative estimate of drug-likeness (QED) is 0.681. The molecule has 0 unspecified atom stereocenters. The van der Waals surface area contributed by atoms with E-state index in [0.29, 0.717) is 12.0 Å². The van der Waals surface area contributed by atoms with Crippen molar-refractivity contribution in [1.29, 1.82) is 5.26 Å². The van der Waals surface area contributed by atoms with Gasteiger partial charge in [-0.3, -0.25) is 0 Å². The van der Waals surface area contributed by atoms with Crippen molar-refractivity contribution in [2.24, 2.45) is 5.41 Å². The fourth-order valence-corrected chi connectivity index (χ4v) is 1.26. The van der Waals surface area contributed by atoms with E-state index in [2.05, 4.69) is 6.07 Å². The van der Waals surface area contributed by atoms with Crippen LogP contribution in [0.3, 0.4) is 0 Å². The van der Waals surface area contributed by atoms with Crippen molar-refractivity contribution in [2.75, 3.05) is 0 Å². The van der Waals surface area contributed by atoms with Gasteiger partial charge in [0.25, 0.3) is 0 Å². The molecule has 0 fully saturated rings. The number of carbonyl (C=O) groups is 1. The Hall–Kier alpha value is -1.62. The molecule has 0 amide bonds. The average Bonchev–Trinajstić information content (AvgIpc) is 2.19. The van der Waals surface area contributed by atoms with Crippen LogP contribution < -0.4 is 0 Å². The molecule has 1 aromatic rings. The van der Waals surface area contributed by atoms with Crippen LogP contribution in [-0.4, -0.2) is 6.29 Å². The first-order chi connectivity index (χ1) is 6.57. The molecule has 0 radical (unpaired) electrons. The van der Waals surface area contributed by atoms with Crippen LogP contribution in [0.15, 0.2) is 24.3 Å². The van der Waals surface area contributed by atoms with E-state index in [1.807, 2.05) is 26.0 Å². The second kappa shape index (κ2) is 4.06. The molecule has 14 heavy (non-hydrogen) atoms. The number of aldehydes is 1. The smallest absolute Gasteiger partial charge is 0.125 e. The third kappa shape index (κ3) is 2.70. The summed E-state index contributed by atoms with van der Waals surface area (Å²) < 4.78 is 0. The molecule has 0 N–H and O–H groups in total. The number of nitriles is 1. The number of hydrogen-bond acceptors (Lipinski definition) is 2. The average molecular weight is 187 g/mol. The maximum atomic E-state index is 10.7. The van der Waals surface area contributed by atoms with E-state index in [-0.39, 0.29) is 5.41 Å². The first kappa shape index (κ1) is 10.5. The van der Waals surface area contributed by atoms with Gasteiger partial charge in [0.15, 0.2) is 0 Å². The molecule has 1 rings (SSSR count). The Morgan fingerprint density at radius 1 is 1.36 bits per heavy atom. The standard InChI is InChI=1S/C12H13NO/c1-12(2,9-14)7-10-3-5-11(8-13)6-4-10/h3-6,9H,7H2,1-2H3. The molecule has 0 aliphatic carbocycles. The van der Waals surface area contributed by atoms with Crippen LogP contribution in [0.4, 0.5) is 0 Å². The maximum Gasteiger partial charge on any atom is 0.125 e. The molecule has 0 spiro atoms. The second-order valence-corrected chi connectivity index (χ2v) is 4.09. The van der Waals surface area contributed by atoms with Crippen molar-refractivity contribution in [1.82, 2.24) is 0 Å². The first-order valence-corrected chi connectivity index (χ1v) is 4.53. The Balaban J connectivity index is 2.80. The van der Waals surface area contributed by atoms with Crippen LogP contribution in [0.1, 0.15) is 25.0 Å². The highest BCUT2D eigenvalue weighted by molar-refractivity contribution is 5.58. The lowest BCUT2D eigenvalue weighted by atomic mass is 9.87. The van der Waals surface area contributed by atoms with Crippen LogP contribution in [0.2, 0.25) is 0 Å². The summed E-state index contributed by atoms with van der Waals surface area (Å²) in [6.07, 6.45) is 1.67. The fraction of sp³-hybridized carbons (Fsp3) is 0.333. The molecule has 0 saturated carbocycles. The summed E-state index contributed by atoms with van der Waals surface area (Å²) in [7, 11) is 0. The maximum absolute atomic E-state index is 10.7. The van der Waals surface area contributed by atoms with Gasteiger partial charge in [0.1, 0.15) is 6.29 Å². The van der Waals surface area contributed by atoms with Gasteiger partial charge in [0.05, 0.1) is 11.6 Å². The van der Waals surface area contributed by atoms with Gasteiger partial charge in [-0.25, -0.2) is 0 Å². The number of rotatable bonds is 3. The summed E-state index contributed by atoms with van der Waals surface area (Å²) in [4.78, 5) is 10.7. The van der Waals surface area contributed by atoms with Crippen LogP contribution in [-0.2, 0) is 11.2 Å². The molecule has 0 aromatic heterocycles. The SMILES string of the molecule is CC(C)(C=O)Cc1ccc(C#N)cc1. The third-order valence-corrected chi connectivity index (χ3v) is 2.06. The molecule has 0 atom stereocenters. The zero-order valence-electron chi connectivity index (χ0n) is 8.45. The van der Waals surface area contributed by atoms with E-state index in [4.69, 9.17) is 5.26 Å². The Morgan fingerprint density at radius 3 is 2.36 bits per heavy atom. The molecule has 1 aromatic carbocycles. The molecule has 0 aliphatic heterocycles. The van der Waals surface area contributed by atoms with E-state index >= 15 is 0 Å². The lowest BCUT2D eigenvalue weighted by Gasteiger charge is -2.16. The minimum absolute atomic E-state index is 0.325. The number of nitrogens with zero attached hydrogens (tertiary/aromatic N) is 1. The Bertz CT molecular complexity index is 357. The van der Waals surface area contributed by atoms with Gasteiger partial charge in [-0.15, -0.1) is 0 Å². The van der Waals surface area contributed by atoms with E-state index < -0.39 is 0 Å². The molecule has 0 saturated heterocycles. The molecule has 72 valence electrons. The van der Waals surface area contributed by atoms with Gasteiger partial charge in [-0.1, -0.05) is 26.0 Å². The summed E-state index contributed by atoms with van der Waals surface area (Å²) in [5, 5.41) is 8.60. The molecular formula is C12H13NO. The van der Waals surface area contributed by atoms with E-state index in [1.54, 1.807) is 12.1 Å². The summed E-state index contributed by atoms with van der Waals surface area (Å²) in [5.41, 5.74) is 1.41. The Morgan fingerprint density at radius 2 is 1.93 bits per heavy atom. The molecule has 2 nitrogen and oxygen atoms in total. The van der Waals surface area contributed by atoms with Gasteiger partial charge >= 0.3 is 0 Å². The van der Waals surface area contributed by atoms with Crippen LogP contribution >= 0.6 is 0 Å². The predicted molar refractivity (Wildman–Crippen MR) is 54.7 cm³/mol. The monoisotopic (exact) mass is 187 g/mol. The lowest BCUT2D eigenvalue weighted by molar-refractivity contribution is -0.114. The fourth-order valence-electron chi connectivity index (χ4n) is 1.26. The zero-order valence-corrected chi connectivity index (χ0v) is 8.45. The highest BCUT2D eigenvalue weighted by Crippen LogP contribution is 2.18. The number of carbonyl (C=O) groups excluding carboxylic acids is 1. The Labute approximate surface area is 84.2 Å². The highest BCUT2D eigenvalue weighted by atomic mass is 16.1. The van der Waals surface area contributed by atoms with Crippen molar-refractivity contribution >= 4 is 6.29 Å². The molecular weight excluding hydrogens is 174 g/mol. The minimum Gasteiger partial charge on any atom is -0.303 e. The van der Waals surface area contributed by atoms with Crippen molar-refractivity contribution in [3.8, 4) is 6.07 Å². The van der Waals surface area contributed by atoms with Crippen molar-refractivity contribution in [2.45, 2.75) is 20.3 Å². The lowest BCUT2D eigenvalue weighted by Crippen LogP contribution is -2.16. The summed E-state index contributed by atoms with van der Waals surface area (Å²) in [5.74, 6) is 0. The summed E-state index contributed by atoms with van der Waals surface area (Å²) >= 11 is 0. The van der Waals surface area contributed by atoms with Gasteiger partial charge in [0.2, 0.25) is 0 Å². The van der Waals surface area contributed by atoms with Crippen molar-refractivity contribution in [3.05, 3.63) is 35.4 Å². The highest BCUT2D eigenvalue weighted by Gasteiger charge is 2.16. The van der Waals surface area contributed by atoms with E-state index in [0.717, 1.165) is 11.8 Å². The zero-order chi connectivity index (χ0) is 10.6. The van der Waals surface area contributed by atoms with Crippen LogP contribution in [0, 0.1) is 16.7 Å². The number of hydrogen-bond donors (Lipinski definition) is 0. The molecule has 0 heterocycles. The second-order valence-electron chi connectivity index (χ2n) is 4.09. The van der Waals surface area contributed by atoms with E-state index in [9.17, 15) is 4.79 Å². The minimum atomic E-state index is -0.325. The molecule has 0 aliphatic rings. The van der Waals surface area contributed by atoms with Gasteiger partial charge < -0.3 is 4.79 Å². The largest absolute Gasteiger partial charge is 0.303 e. The predicted octanol–water partition coefficient (Wildman–Crippen LogP) is 2.33. The van der Waals surface area contributed by atoms with Gasteiger partial charge in [-0.05, 0) is 24.1 Å². The third-order valence-electron chi connectivity index (χ3n) is 2.06. The normalized spacial score (nSPS) is 10.6. The van der Waals surface area contributed by atoms with Crippen molar-refractivity contribution in [3.63, 3.8) is 0 Å². The first-order valence-electron chi connectivity index (χ1n) is 4.53. The number of benzene rings is 1. The molecule has 2 heteroatoms. The summed E-state index contributed by atoms with van der Waals surface area (Å²) in [6.45, 7) is 3.80. The topological polar surface area (TPSA) is 40.9 Å². The van der Waals surface area contributed by atoms with Crippen LogP contribution in [0.25, 0.3) is 0 Å². The van der Waals surface area contributed by atoms with Gasteiger partial charge in [-0.2, -0.15) is 5.26 Å². The van der Waals surface area contributed by atoms with Crippen molar-refractivity contribution < 1.29 is 4.79 Å². The molecule has 0 bridgehead atoms. The van der Waals surface area contributed by atoms with E-state index in [1.165, 1.54) is 0 Å². The Kier molecular flexibility index (Phi) is 3.03.